The Bertz CT molecular complexity index is 513. The Hall–Kier alpha value is -1.58. The van der Waals surface area contributed by atoms with Crippen molar-refractivity contribution in [2.24, 2.45) is 5.92 Å². The highest BCUT2D eigenvalue weighted by molar-refractivity contribution is 5.76. The van der Waals surface area contributed by atoms with Gasteiger partial charge in [-0.3, -0.25) is 9.78 Å². The monoisotopic (exact) mass is 289 g/mol. The minimum absolute atomic E-state index is 0.258. The number of anilines is 1. The van der Waals surface area contributed by atoms with Gasteiger partial charge >= 0.3 is 0 Å². The molecule has 1 fully saturated rings. The first-order valence-electron chi connectivity index (χ1n) is 8.01. The summed E-state index contributed by atoms with van der Waals surface area (Å²) in [6, 6.07) is 0. The van der Waals surface area contributed by atoms with Gasteiger partial charge in [0, 0.05) is 24.8 Å². The van der Waals surface area contributed by atoms with Crippen LogP contribution >= 0.6 is 0 Å². The van der Waals surface area contributed by atoms with Gasteiger partial charge in [0.2, 0.25) is 5.91 Å². The maximum absolute atomic E-state index is 12.3. The van der Waals surface area contributed by atoms with Crippen LogP contribution in [0.1, 0.15) is 55.8 Å². The standard InChI is InChI=1S/C17H27N3O/c1-4-5-14-6-7-16(21)20(9-8-14)11-15-13(3)17(18)12(2)10-19-15/h10,14H,4-9,11H2,1-3H3,(H2,18,19). The Morgan fingerprint density at radius 2 is 2.14 bits per heavy atom. The first kappa shape index (κ1) is 15.8. The van der Waals surface area contributed by atoms with Crippen LogP contribution in [-0.4, -0.2) is 22.3 Å². The van der Waals surface area contributed by atoms with E-state index in [4.69, 9.17) is 5.73 Å². The van der Waals surface area contributed by atoms with Crippen molar-refractivity contribution >= 4 is 11.6 Å². The third kappa shape index (κ3) is 3.74. The molecule has 1 aliphatic rings. The number of rotatable bonds is 4. The fraction of sp³-hybridized carbons (Fsp3) is 0.647. The molecule has 0 spiro atoms. The zero-order valence-electron chi connectivity index (χ0n) is 13.5. The van der Waals surface area contributed by atoms with Gasteiger partial charge in [0.05, 0.1) is 12.2 Å². The van der Waals surface area contributed by atoms with E-state index in [0.29, 0.717) is 18.9 Å². The molecule has 0 bridgehead atoms. The quantitative estimate of drug-likeness (QED) is 0.926. The van der Waals surface area contributed by atoms with E-state index in [1.54, 1.807) is 6.20 Å². The number of nitrogen functional groups attached to an aromatic ring is 1. The Morgan fingerprint density at radius 1 is 1.38 bits per heavy atom. The second kappa shape index (κ2) is 6.92. The number of carbonyl (C=O) groups is 1. The van der Waals surface area contributed by atoms with Crippen molar-refractivity contribution in [2.75, 3.05) is 12.3 Å². The van der Waals surface area contributed by atoms with E-state index in [2.05, 4.69) is 11.9 Å². The van der Waals surface area contributed by atoms with E-state index in [0.717, 1.165) is 41.9 Å². The number of hydrogen-bond acceptors (Lipinski definition) is 3. The SMILES string of the molecule is CCCC1CCC(=O)N(Cc2ncc(C)c(N)c2C)CC1. The fourth-order valence-corrected chi connectivity index (χ4v) is 3.09. The molecule has 0 aliphatic carbocycles. The Morgan fingerprint density at radius 3 is 2.86 bits per heavy atom. The topological polar surface area (TPSA) is 59.2 Å². The number of amides is 1. The highest BCUT2D eigenvalue weighted by Crippen LogP contribution is 2.25. The van der Waals surface area contributed by atoms with Crippen molar-refractivity contribution in [1.29, 1.82) is 0 Å². The Balaban J connectivity index is 2.08. The third-order valence-electron chi connectivity index (χ3n) is 4.64. The molecule has 0 saturated carbocycles. The van der Waals surface area contributed by atoms with E-state index in [-0.39, 0.29) is 5.91 Å². The molecule has 4 nitrogen and oxygen atoms in total. The number of nitrogens with two attached hydrogens (primary N) is 1. The number of likely N-dealkylation sites (tertiary alicyclic amines) is 1. The van der Waals surface area contributed by atoms with Crippen LogP contribution < -0.4 is 5.73 Å². The lowest BCUT2D eigenvalue weighted by atomic mass is 9.96. The lowest BCUT2D eigenvalue weighted by Crippen LogP contribution is -2.30. The molecule has 0 aromatic carbocycles. The second-order valence-electron chi connectivity index (χ2n) is 6.22. The molecule has 2 rings (SSSR count). The lowest BCUT2D eigenvalue weighted by Gasteiger charge is -2.22. The predicted molar refractivity (Wildman–Crippen MR) is 85.8 cm³/mol. The van der Waals surface area contributed by atoms with Gasteiger partial charge in [-0.25, -0.2) is 0 Å². The van der Waals surface area contributed by atoms with Crippen molar-refractivity contribution in [3.8, 4) is 0 Å². The molecule has 2 N–H and O–H groups in total. The van der Waals surface area contributed by atoms with E-state index >= 15 is 0 Å². The smallest absolute Gasteiger partial charge is 0.222 e. The van der Waals surface area contributed by atoms with Crippen molar-refractivity contribution in [3.63, 3.8) is 0 Å². The van der Waals surface area contributed by atoms with Gasteiger partial charge in [-0.15, -0.1) is 0 Å². The summed E-state index contributed by atoms with van der Waals surface area (Å²) >= 11 is 0. The maximum atomic E-state index is 12.3. The maximum Gasteiger partial charge on any atom is 0.222 e. The minimum atomic E-state index is 0.258. The van der Waals surface area contributed by atoms with Crippen LogP contribution in [-0.2, 0) is 11.3 Å². The van der Waals surface area contributed by atoms with Crippen LogP contribution in [0.5, 0.6) is 0 Å². The molecule has 2 heterocycles. The van der Waals surface area contributed by atoms with Gasteiger partial charge in [0.25, 0.3) is 0 Å². The molecule has 1 amide bonds. The molecule has 1 aliphatic heterocycles. The van der Waals surface area contributed by atoms with E-state index in [1.165, 1.54) is 12.8 Å². The first-order valence-corrected chi connectivity index (χ1v) is 8.01. The third-order valence-corrected chi connectivity index (χ3v) is 4.64. The van der Waals surface area contributed by atoms with Crippen LogP contribution in [0.2, 0.25) is 0 Å². The van der Waals surface area contributed by atoms with Crippen LogP contribution in [0.3, 0.4) is 0 Å². The first-order chi connectivity index (χ1) is 10.0. The number of nitrogens with zero attached hydrogens (tertiary/aromatic N) is 2. The van der Waals surface area contributed by atoms with Gasteiger partial charge in [0.1, 0.15) is 0 Å². The summed E-state index contributed by atoms with van der Waals surface area (Å²) in [4.78, 5) is 18.7. The Labute approximate surface area is 127 Å². The lowest BCUT2D eigenvalue weighted by molar-refractivity contribution is -0.131. The summed E-state index contributed by atoms with van der Waals surface area (Å²) in [5.74, 6) is 0.954. The number of carbonyl (C=O) groups excluding carboxylic acids is 1. The number of aryl methyl sites for hydroxylation is 1. The molecule has 0 radical (unpaired) electrons. The molecule has 1 aromatic heterocycles. The van der Waals surface area contributed by atoms with E-state index < -0.39 is 0 Å². The molecule has 1 saturated heterocycles. The highest BCUT2D eigenvalue weighted by atomic mass is 16.2. The summed E-state index contributed by atoms with van der Waals surface area (Å²) in [6.07, 6.45) is 7.06. The molecule has 1 aromatic rings. The molecular formula is C17H27N3O. The molecule has 21 heavy (non-hydrogen) atoms. The van der Waals surface area contributed by atoms with Crippen molar-refractivity contribution in [1.82, 2.24) is 9.88 Å². The molecule has 1 atom stereocenters. The molecule has 4 heteroatoms. The Kier molecular flexibility index (Phi) is 5.21. The summed E-state index contributed by atoms with van der Waals surface area (Å²) in [6.45, 7) is 7.61. The van der Waals surface area contributed by atoms with Crippen LogP contribution in [0.15, 0.2) is 6.20 Å². The van der Waals surface area contributed by atoms with Crippen LogP contribution in [0.25, 0.3) is 0 Å². The van der Waals surface area contributed by atoms with Gasteiger partial charge in [-0.05, 0) is 43.7 Å². The summed E-state index contributed by atoms with van der Waals surface area (Å²) in [7, 11) is 0. The molecule has 116 valence electrons. The van der Waals surface area contributed by atoms with Crippen molar-refractivity contribution in [3.05, 3.63) is 23.0 Å². The van der Waals surface area contributed by atoms with E-state index in [1.807, 2.05) is 18.7 Å². The van der Waals surface area contributed by atoms with Gasteiger partial charge in [0.15, 0.2) is 0 Å². The normalized spacial score (nSPS) is 19.7. The second-order valence-corrected chi connectivity index (χ2v) is 6.22. The van der Waals surface area contributed by atoms with Crippen LogP contribution in [0.4, 0.5) is 5.69 Å². The zero-order chi connectivity index (χ0) is 15.4. The number of hydrogen-bond donors (Lipinski definition) is 1. The van der Waals surface area contributed by atoms with Crippen molar-refractivity contribution < 1.29 is 4.79 Å². The number of pyridine rings is 1. The highest BCUT2D eigenvalue weighted by Gasteiger charge is 2.23. The summed E-state index contributed by atoms with van der Waals surface area (Å²) in [5, 5.41) is 0. The van der Waals surface area contributed by atoms with E-state index in [9.17, 15) is 4.79 Å². The van der Waals surface area contributed by atoms with Crippen molar-refractivity contribution in [2.45, 2.75) is 59.4 Å². The van der Waals surface area contributed by atoms with Gasteiger partial charge in [-0.1, -0.05) is 19.8 Å². The average Bonchev–Trinajstić information content (AvgIpc) is 2.64. The fourth-order valence-electron chi connectivity index (χ4n) is 3.09. The van der Waals surface area contributed by atoms with Crippen LogP contribution in [0, 0.1) is 19.8 Å². The summed E-state index contributed by atoms with van der Waals surface area (Å²) < 4.78 is 0. The molecular weight excluding hydrogens is 262 g/mol. The average molecular weight is 289 g/mol. The molecule has 1 unspecified atom stereocenters. The summed E-state index contributed by atoms with van der Waals surface area (Å²) in [5.41, 5.74) is 9.81. The largest absolute Gasteiger partial charge is 0.398 e. The van der Waals surface area contributed by atoms with Gasteiger partial charge in [-0.2, -0.15) is 0 Å². The predicted octanol–water partition coefficient (Wildman–Crippen LogP) is 3.21. The zero-order valence-corrected chi connectivity index (χ0v) is 13.5. The van der Waals surface area contributed by atoms with Gasteiger partial charge < -0.3 is 10.6 Å². The minimum Gasteiger partial charge on any atom is -0.398 e. The number of aromatic nitrogens is 1.